The van der Waals surface area contributed by atoms with Crippen molar-refractivity contribution in [3.8, 4) is 11.5 Å². The van der Waals surface area contributed by atoms with Crippen molar-refractivity contribution in [2.45, 2.75) is 6.54 Å². The lowest BCUT2D eigenvalue weighted by Crippen LogP contribution is -2.22. The Balaban J connectivity index is 1.62. The van der Waals surface area contributed by atoms with Crippen LogP contribution in [0.4, 0.5) is 11.4 Å². The first-order valence-electron chi connectivity index (χ1n) is 8.82. The average Bonchev–Trinajstić information content (AvgIpc) is 3.27. The molecule has 2 aromatic carbocycles. The van der Waals surface area contributed by atoms with Gasteiger partial charge in [-0.3, -0.25) is 4.79 Å². The van der Waals surface area contributed by atoms with E-state index in [0.29, 0.717) is 23.7 Å². The zero-order valence-corrected chi connectivity index (χ0v) is 16.1. The van der Waals surface area contributed by atoms with Gasteiger partial charge < -0.3 is 30.3 Å². The van der Waals surface area contributed by atoms with Gasteiger partial charge in [-0.1, -0.05) is 12.1 Å². The Morgan fingerprint density at radius 1 is 1.00 bits per heavy atom. The molecule has 0 aliphatic rings. The van der Waals surface area contributed by atoms with E-state index >= 15 is 0 Å². The molecule has 150 valence electrons. The van der Waals surface area contributed by atoms with Gasteiger partial charge >= 0.3 is 0 Å². The molecule has 0 saturated heterocycles. The van der Waals surface area contributed by atoms with Crippen molar-refractivity contribution < 1.29 is 18.7 Å². The fraction of sp³-hybridized carbons (Fsp3) is 0.143. The summed E-state index contributed by atoms with van der Waals surface area (Å²) in [5.74, 6) is 1.40. The highest BCUT2D eigenvalue weighted by molar-refractivity contribution is 6.02. The summed E-state index contributed by atoms with van der Waals surface area (Å²) in [6, 6.07) is 16.0. The second-order valence-electron chi connectivity index (χ2n) is 6.03. The molecular formula is C21H22N4O4. The molecular weight excluding hydrogens is 372 g/mol. The molecule has 3 aromatic rings. The van der Waals surface area contributed by atoms with Crippen LogP contribution in [0.2, 0.25) is 0 Å². The Morgan fingerprint density at radius 2 is 1.79 bits per heavy atom. The van der Waals surface area contributed by atoms with E-state index in [4.69, 9.17) is 19.6 Å². The Labute approximate surface area is 168 Å². The van der Waals surface area contributed by atoms with E-state index in [2.05, 4.69) is 15.6 Å². The maximum absolute atomic E-state index is 12.1. The zero-order chi connectivity index (χ0) is 20.6. The molecule has 0 saturated carbocycles. The number of rotatable bonds is 7. The van der Waals surface area contributed by atoms with Gasteiger partial charge in [0.25, 0.3) is 5.91 Å². The summed E-state index contributed by atoms with van der Waals surface area (Å²) in [5.41, 5.74) is 8.24. The van der Waals surface area contributed by atoms with Gasteiger partial charge in [0, 0.05) is 17.4 Å². The number of nitrogens with zero attached hydrogens (tertiary/aromatic N) is 1. The number of carbonyl (C=O) groups excluding carboxylic acids is 1. The molecule has 3 rings (SSSR count). The number of nitrogens with two attached hydrogens (primary N) is 1. The van der Waals surface area contributed by atoms with Crippen molar-refractivity contribution in [2.75, 3.05) is 24.9 Å². The Kier molecular flexibility index (Phi) is 6.36. The quantitative estimate of drug-likeness (QED) is 0.418. The summed E-state index contributed by atoms with van der Waals surface area (Å²) < 4.78 is 15.6. The minimum absolute atomic E-state index is 0.247. The van der Waals surface area contributed by atoms with Gasteiger partial charge in [-0.15, -0.1) is 0 Å². The Bertz CT molecular complexity index is 1000. The number of carbonyl (C=O) groups is 1. The molecule has 1 amide bonds. The molecule has 0 fully saturated rings. The molecule has 0 atom stereocenters. The molecule has 8 nitrogen and oxygen atoms in total. The van der Waals surface area contributed by atoms with Crippen molar-refractivity contribution in [2.24, 2.45) is 10.7 Å². The molecule has 1 aromatic heterocycles. The smallest absolute Gasteiger partial charge is 0.291 e. The number of furan rings is 1. The highest BCUT2D eigenvalue weighted by Gasteiger charge is 2.09. The molecule has 0 bridgehead atoms. The first-order valence-corrected chi connectivity index (χ1v) is 8.82. The third-order valence-electron chi connectivity index (χ3n) is 4.02. The van der Waals surface area contributed by atoms with Crippen LogP contribution in [-0.4, -0.2) is 26.1 Å². The monoisotopic (exact) mass is 394 g/mol. The van der Waals surface area contributed by atoms with Crippen molar-refractivity contribution in [1.82, 2.24) is 0 Å². The van der Waals surface area contributed by atoms with Crippen LogP contribution in [0.3, 0.4) is 0 Å². The highest BCUT2D eigenvalue weighted by atomic mass is 16.5. The van der Waals surface area contributed by atoms with Crippen molar-refractivity contribution in [3.63, 3.8) is 0 Å². The van der Waals surface area contributed by atoms with E-state index in [1.807, 2.05) is 24.3 Å². The van der Waals surface area contributed by atoms with Gasteiger partial charge in [-0.05, 0) is 42.0 Å². The van der Waals surface area contributed by atoms with E-state index in [-0.39, 0.29) is 17.6 Å². The van der Waals surface area contributed by atoms with Gasteiger partial charge in [0.1, 0.15) is 0 Å². The molecule has 0 radical (unpaired) electrons. The normalized spacial score (nSPS) is 11.0. The first kappa shape index (κ1) is 19.8. The SMILES string of the molecule is COc1ccc(NC(N)=NCc2cccc(NC(=O)c3ccco3)c2)cc1OC. The minimum Gasteiger partial charge on any atom is -0.493 e. The van der Waals surface area contributed by atoms with Gasteiger partial charge in [0.05, 0.1) is 27.0 Å². The number of nitrogens with one attached hydrogen (secondary N) is 2. The van der Waals surface area contributed by atoms with Crippen LogP contribution in [0.15, 0.2) is 70.3 Å². The summed E-state index contributed by atoms with van der Waals surface area (Å²) >= 11 is 0. The first-order chi connectivity index (χ1) is 14.1. The van der Waals surface area contributed by atoms with E-state index < -0.39 is 0 Å². The van der Waals surface area contributed by atoms with E-state index in [1.54, 1.807) is 44.6 Å². The number of hydrogen-bond donors (Lipinski definition) is 3. The predicted octanol–water partition coefficient (Wildman–Crippen LogP) is 3.48. The third-order valence-corrected chi connectivity index (χ3v) is 4.02. The fourth-order valence-corrected chi connectivity index (χ4v) is 2.63. The molecule has 0 aliphatic carbocycles. The summed E-state index contributed by atoms with van der Waals surface area (Å²) in [6.45, 7) is 0.344. The fourth-order valence-electron chi connectivity index (χ4n) is 2.63. The Hall–Kier alpha value is -3.94. The highest BCUT2D eigenvalue weighted by Crippen LogP contribution is 2.29. The number of anilines is 2. The van der Waals surface area contributed by atoms with Gasteiger partial charge in [0.2, 0.25) is 0 Å². The van der Waals surface area contributed by atoms with E-state index in [9.17, 15) is 4.79 Å². The second-order valence-corrected chi connectivity index (χ2v) is 6.03. The van der Waals surface area contributed by atoms with Crippen LogP contribution in [0, 0.1) is 0 Å². The summed E-state index contributed by atoms with van der Waals surface area (Å²) in [6.07, 6.45) is 1.45. The molecule has 8 heteroatoms. The zero-order valence-electron chi connectivity index (χ0n) is 16.1. The van der Waals surface area contributed by atoms with Crippen LogP contribution in [0.1, 0.15) is 16.1 Å². The van der Waals surface area contributed by atoms with Crippen LogP contribution >= 0.6 is 0 Å². The third kappa shape index (κ3) is 5.29. The summed E-state index contributed by atoms with van der Waals surface area (Å²) in [4.78, 5) is 16.4. The summed E-state index contributed by atoms with van der Waals surface area (Å²) in [7, 11) is 3.14. The van der Waals surface area contributed by atoms with Gasteiger partial charge in [0.15, 0.2) is 23.2 Å². The standard InChI is InChI=1S/C21H22N4O4/c1-27-17-9-8-16(12-19(17)28-2)25-21(22)23-13-14-5-3-6-15(11-14)24-20(26)18-7-4-10-29-18/h3-12H,13H2,1-2H3,(H,24,26)(H3,22,23,25). The molecule has 4 N–H and O–H groups in total. The predicted molar refractivity (Wildman–Crippen MR) is 112 cm³/mol. The molecule has 0 aliphatic heterocycles. The van der Waals surface area contributed by atoms with Crippen molar-refractivity contribution in [1.29, 1.82) is 0 Å². The van der Waals surface area contributed by atoms with Crippen LogP contribution < -0.4 is 25.8 Å². The number of amides is 1. The second kappa shape index (κ2) is 9.32. The topological polar surface area (TPSA) is 111 Å². The number of guanidine groups is 1. The van der Waals surface area contributed by atoms with Crippen LogP contribution in [-0.2, 0) is 6.54 Å². The number of ether oxygens (including phenoxy) is 2. The Morgan fingerprint density at radius 3 is 2.52 bits per heavy atom. The summed E-state index contributed by atoms with van der Waals surface area (Å²) in [5, 5.41) is 5.80. The largest absolute Gasteiger partial charge is 0.493 e. The lowest BCUT2D eigenvalue weighted by molar-refractivity contribution is 0.0996. The number of hydrogen-bond acceptors (Lipinski definition) is 5. The van der Waals surface area contributed by atoms with Crippen LogP contribution in [0.5, 0.6) is 11.5 Å². The maximum atomic E-state index is 12.1. The number of aliphatic imine (C=N–C) groups is 1. The molecule has 29 heavy (non-hydrogen) atoms. The molecule has 0 unspecified atom stereocenters. The minimum atomic E-state index is -0.315. The molecule has 1 heterocycles. The van der Waals surface area contributed by atoms with Crippen LogP contribution in [0.25, 0.3) is 0 Å². The molecule has 0 spiro atoms. The lowest BCUT2D eigenvalue weighted by atomic mass is 10.2. The van der Waals surface area contributed by atoms with Crippen molar-refractivity contribution >= 4 is 23.2 Å². The number of methoxy groups -OCH3 is 2. The average molecular weight is 394 g/mol. The maximum Gasteiger partial charge on any atom is 0.291 e. The van der Waals surface area contributed by atoms with Gasteiger partial charge in [-0.25, -0.2) is 4.99 Å². The number of benzene rings is 2. The lowest BCUT2D eigenvalue weighted by Gasteiger charge is -2.11. The van der Waals surface area contributed by atoms with E-state index in [1.165, 1.54) is 6.26 Å². The van der Waals surface area contributed by atoms with Crippen molar-refractivity contribution in [3.05, 3.63) is 72.2 Å². The van der Waals surface area contributed by atoms with Gasteiger partial charge in [-0.2, -0.15) is 0 Å². The van der Waals surface area contributed by atoms with E-state index in [0.717, 1.165) is 11.3 Å².